The topological polar surface area (TPSA) is 79.2 Å². The van der Waals surface area contributed by atoms with Gasteiger partial charge in [0.05, 0.1) is 11.1 Å². The van der Waals surface area contributed by atoms with E-state index < -0.39 is 18.5 Å². The molecule has 0 radical (unpaired) electrons. The molecule has 22 heavy (non-hydrogen) atoms. The van der Waals surface area contributed by atoms with Gasteiger partial charge in [-0.05, 0) is 31.5 Å². The van der Waals surface area contributed by atoms with Crippen molar-refractivity contribution in [1.29, 1.82) is 5.26 Å². The second-order valence-corrected chi connectivity index (χ2v) is 5.81. The maximum absolute atomic E-state index is 11.8. The minimum Gasteiger partial charge on any atom is -0.452 e. The normalized spacial score (nSPS) is 9.86. The van der Waals surface area contributed by atoms with Crippen molar-refractivity contribution in [3.8, 4) is 6.07 Å². The van der Waals surface area contributed by atoms with Crippen LogP contribution >= 0.6 is 11.3 Å². The summed E-state index contributed by atoms with van der Waals surface area (Å²) in [7, 11) is 0. The van der Waals surface area contributed by atoms with Gasteiger partial charge in [-0.25, -0.2) is 4.79 Å². The Morgan fingerprint density at radius 2 is 1.95 bits per heavy atom. The summed E-state index contributed by atoms with van der Waals surface area (Å²) >= 11 is 1.33. The molecular formula is C16H14N2O3S. The van der Waals surface area contributed by atoms with Gasteiger partial charge >= 0.3 is 5.97 Å². The largest absolute Gasteiger partial charge is 0.452 e. The summed E-state index contributed by atoms with van der Waals surface area (Å²) in [5.41, 5.74) is 1.69. The Kier molecular flexibility index (Phi) is 4.92. The first-order valence-corrected chi connectivity index (χ1v) is 7.36. The minimum atomic E-state index is -0.560. The van der Waals surface area contributed by atoms with E-state index >= 15 is 0 Å². The highest BCUT2D eigenvalue weighted by molar-refractivity contribution is 7.16. The summed E-state index contributed by atoms with van der Waals surface area (Å²) in [6, 6.07) is 10.5. The van der Waals surface area contributed by atoms with Crippen LogP contribution < -0.4 is 5.32 Å². The molecule has 0 aliphatic heterocycles. The summed E-state index contributed by atoms with van der Waals surface area (Å²) < 4.78 is 4.94. The first-order valence-electron chi connectivity index (χ1n) is 6.55. The number of hydrogen-bond donors (Lipinski definition) is 1. The van der Waals surface area contributed by atoms with E-state index in [1.807, 2.05) is 13.8 Å². The number of nitrogens with one attached hydrogen (secondary N) is 1. The smallest absolute Gasteiger partial charge is 0.338 e. The molecule has 2 rings (SSSR count). The minimum absolute atomic E-state index is 0.385. The second-order valence-electron chi connectivity index (χ2n) is 4.59. The number of esters is 1. The van der Waals surface area contributed by atoms with Crippen LogP contribution in [0.2, 0.25) is 0 Å². The van der Waals surface area contributed by atoms with Crippen LogP contribution in [-0.4, -0.2) is 18.5 Å². The Morgan fingerprint density at radius 3 is 2.59 bits per heavy atom. The number of amides is 1. The zero-order valence-electron chi connectivity index (χ0n) is 12.2. The van der Waals surface area contributed by atoms with Gasteiger partial charge in [0.1, 0.15) is 11.1 Å². The molecule has 0 atom stereocenters. The Hall–Kier alpha value is -2.65. The first kappa shape index (κ1) is 15.7. The Labute approximate surface area is 132 Å². The molecule has 5 nitrogen and oxygen atoms in total. The van der Waals surface area contributed by atoms with E-state index in [0.717, 1.165) is 10.4 Å². The van der Waals surface area contributed by atoms with Crippen molar-refractivity contribution in [3.63, 3.8) is 0 Å². The number of aryl methyl sites for hydroxylation is 1. The van der Waals surface area contributed by atoms with Gasteiger partial charge in [0.2, 0.25) is 0 Å². The van der Waals surface area contributed by atoms with Crippen LogP contribution in [0.4, 0.5) is 5.00 Å². The van der Waals surface area contributed by atoms with Gasteiger partial charge in [-0.1, -0.05) is 18.2 Å². The van der Waals surface area contributed by atoms with Crippen LogP contribution in [0.25, 0.3) is 0 Å². The van der Waals surface area contributed by atoms with Gasteiger partial charge in [0.25, 0.3) is 5.91 Å². The van der Waals surface area contributed by atoms with Crippen molar-refractivity contribution in [3.05, 3.63) is 51.9 Å². The first-order chi connectivity index (χ1) is 10.5. The third-order valence-electron chi connectivity index (χ3n) is 3.09. The lowest BCUT2D eigenvalue weighted by Crippen LogP contribution is -2.20. The van der Waals surface area contributed by atoms with Crippen molar-refractivity contribution in [2.24, 2.45) is 0 Å². The van der Waals surface area contributed by atoms with Gasteiger partial charge < -0.3 is 10.1 Å². The third-order valence-corrected chi connectivity index (χ3v) is 4.22. The predicted octanol–water partition coefficient (Wildman–Crippen LogP) is 3.03. The molecule has 0 saturated carbocycles. The lowest BCUT2D eigenvalue weighted by Gasteiger charge is -2.05. The molecule has 1 amide bonds. The van der Waals surface area contributed by atoms with Crippen molar-refractivity contribution in [2.75, 3.05) is 11.9 Å². The van der Waals surface area contributed by atoms with Gasteiger partial charge in [0, 0.05) is 4.88 Å². The molecule has 0 fully saturated rings. The van der Waals surface area contributed by atoms with E-state index in [4.69, 9.17) is 10.00 Å². The molecule has 0 bridgehead atoms. The van der Waals surface area contributed by atoms with Gasteiger partial charge in [-0.2, -0.15) is 5.26 Å². The summed E-state index contributed by atoms with van der Waals surface area (Å²) in [5, 5.41) is 12.2. The second kappa shape index (κ2) is 6.87. The highest BCUT2D eigenvalue weighted by Gasteiger charge is 2.16. The molecule has 1 N–H and O–H groups in total. The highest BCUT2D eigenvalue weighted by atomic mass is 32.1. The quantitative estimate of drug-likeness (QED) is 0.880. The molecule has 6 heteroatoms. The maximum atomic E-state index is 11.8. The molecule has 0 aliphatic rings. The van der Waals surface area contributed by atoms with Crippen LogP contribution in [0.5, 0.6) is 0 Å². The number of nitriles is 1. The SMILES string of the molecule is Cc1sc(NC(=O)COC(=O)c2ccccc2)c(C#N)c1C. The van der Waals surface area contributed by atoms with E-state index in [2.05, 4.69) is 11.4 Å². The van der Waals surface area contributed by atoms with E-state index in [1.165, 1.54) is 11.3 Å². The Bertz CT molecular complexity index is 745. The van der Waals surface area contributed by atoms with Crippen LogP contribution in [-0.2, 0) is 9.53 Å². The molecule has 2 aromatic rings. The van der Waals surface area contributed by atoms with Crippen molar-refractivity contribution in [1.82, 2.24) is 0 Å². The average Bonchev–Trinajstić information content (AvgIpc) is 2.79. The lowest BCUT2D eigenvalue weighted by molar-refractivity contribution is -0.119. The number of hydrogen-bond acceptors (Lipinski definition) is 5. The van der Waals surface area contributed by atoms with Gasteiger partial charge in [0.15, 0.2) is 6.61 Å². The van der Waals surface area contributed by atoms with Crippen LogP contribution in [0.3, 0.4) is 0 Å². The summed E-state index contributed by atoms with van der Waals surface area (Å²) in [6.07, 6.45) is 0. The molecule has 112 valence electrons. The number of anilines is 1. The van der Waals surface area contributed by atoms with Gasteiger partial charge in [-0.3, -0.25) is 4.79 Å². The fourth-order valence-electron chi connectivity index (χ4n) is 1.80. The van der Waals surface area contributed by atoms with Crippen molar-refractivity contribution >= 4 is 28.2 Å². The monoisotopic (exact) mass is 314 g/mol. The number of ether oxygens (including phenoxy) is 1. The molecule has 1 aromatic heterocycles. The van der Waals surface area contributed by atoms with Crippen LogP contribution in [0.15, 0.2) is 30.3 Å². The Balaban J connectivity index is 1.96. The number of nitrogens with zero attached hydrogens (tertiary/aromatic N) is 1. The van der Waals surface area contributed by atoms with E-state index in [-0.39, 0.29) is 0 Å². The lowest BCUT2D eigenvalue weighted by atomic mass is 10.2. The maximum Gasteiger partial charge on any atom is 0.338 e. The van der Waals surface area contributed by atoms with Crippen LogP contribution in [0.1, 0.15) is 26.4 Å². The summed E-state index contributed by atoms with van der Waals surface area (Å²) in [5.74, 6) is -1.03. The Morgan fingerprint density at radius 1 is 1.27 bits per heavy atom. The molecule has 0 saturated heterocycles. The zero-order valence-corrected chi connectivity index (χ0v) is 13.0. The molecule has 1 aromatic carbocycles. The number of thiophene rings is 1. The predicted molar refractivity (Wildman–Crippen MR) is 83.9 cm³/mol. The van der Waals surface area contributed by atoms with Crippen molar-refractivity contribution < 1.29 is 14.3 Å². The number of carbonyl (C=O) groups excluding carboxylic acids is 2. The van der Waals surface area contributed by atoms with E-state index in [0.29, 0.717) is 16.1 Å². The molecule has 0 spiro atoms. The summed E-state index contributed by atoms with van der Waals surface area (Å²) in [6.45, 7) is 3.32. The molecular weight excluding hydrogens is 300 g/mol. The highest BCUT2D eigenvalue weighted by Crippen LogP contribution is 2.31. The molecule has 1 heterocycles. The molecule has 0 aliphatic carbocycles. The standard InChI is InChI=1S/C16H14N2O3S/c1-10-11(2)22-15(13(10)8-17)18-14(19)9-21-16(20)12-6-4-3-5-7-12/h3-7H,9H2,1-2H3,(H,18,19). The zero-order chi connectivity index (χ0) is 16.1. The average molecular weight is 314 g/mol. The van der Waals surface area contributed by atoms with Crippen LogP contribution in [0, 0.1) is 25.2 Å². The number of carbonyl (C=O) groups is 2. The molecule has 0 unspecified atom stereocenters. The number of benzene rings is 1. The fourth-order valence-corrected chi connectivity index (χ4v) is 2.83. The van der Waals surface area contributed by atoms with Crippen molar-refractivity contribution in [2.45, 2.75) is 13.8 Å². The van der Waals surface area contributed by atoms with E-state index in [1.54, 1.807) is 30.3 Å². The third kappa shape index (κ3) is 3.51. The summed E-state index contributed by atoms with van der Waals surface area (Å²) in [4.78, 5) is 24.5. The van der Waals surface area contributed by atoms with Gasteiger partial charge in [-0.15, -0.1) is 11.3 Å². The fraction of sp³-hybridized carbons (Fsp3) is 0.188. The van der Waals surface area contributed by atoms with E-state index in [9.17, 15) is 9.59 Å². The number of rotatable bonds is 4.